The lowest BCUT2D eigenvalue weighted by Gasteiger charge is -2.13. The van der Waals surface area contributed by atoms with Crippen LogP contribution in [0.15, 0.2) is 18.2 Å². The molecule has 0 saturated carbocycles. The Morgan fingerprint density at radius 3 is 2.80 bits per heavy atom. The zero-order valence-corrected chi connectivity index (χ0v) is 10.7. The molecule has 0 fully saturated rings. The zero-order chi connectivity index (χ0) is 14.7. The Kier molecular flexibility index (Phi) is 3.88. The molecule has 106 valence electrons. The summed E-state index contributed by atoms with van der Waals surface area (Å²) in [4.78, 5) is 33.7. The molecule has 1 aromatic carbocycles. The number of hydrogen-bond acceptors (Lipinski definition) is 4. The molecule has 0 aromatic heterocycles. The van der Waals surface area contributed by atoms with E-state index in [1.807, 2.05) is 6.07 Å². The highest BCUT2D eigenvalue weighted by molar-refractivity contribution is 5.98. The van der Waals surface area contributed by atoms with Crippen LogP contribution >= 0.6 is 0 Å². The summed E-state index contributed by atoms with van der Waals surface area (Å²) < 4.78 is 0. The second kappa shape index (κ2) is 5.60. The first-order valence-electron chi connectivity index (χ1n) is 6.16. The molecule has 0 unspecified atom stereocenters. The number of primary amides is 1. The number of hydrogen-bond donors (Lipinski definition) is 4. The van der Waals surface area contributed by atoms with Gasteiger partial charge < -0.3 is 21.5 Å². The Hall–Kier alpha value is -2.57. The third kappa shape index (κ3) is 3.05. The number of carboxylic acid groups (broad SMARTS) is 1. The van der Waals surface area contributed by atoms with Crippen LogP contribution < -0.4 is 16.4 Å². The molecule has 7 nitrogen and oxygen atoms in total. The quantitative estimate of drug-likeness (QED) is 0.589. The van der Waals surface area contributed by atoms with Crippen LogP contribution in [0.5, 0.6) is 0 Å². The van der Waals surface area contributed by atoms with E-state index in [0.29, 0.717) is 5.56 Å². The van der Waals surface area contributed by atoms with Gasteiger partial charge in [-0.1, -0.05) is 6.07 Å². The van der Waals surface area contributed by atoms with Crippen LogP contribution in [0, 0.1) is 0 Å². The van der Waals surface area contributed by atoms with E-state index in [-0.39, 0.29) is 0 Å². The maximum Gasteiger partial charge on any atom is 0.326 e. The van der Waals surface area contributed by atoms with Gasteiger partial charge in [-0.3, -0.25) is 9.59 Å². The number of fused-ring (bicyclic) bond motifs is 1. The number of anilines is 1. The minimum absolute atomic E-state index is 0.342. The van der Waals surface area contributed by atoms with Gasteiger partial charge >= 0.3 is 5.97 Å². The summed E-state index contributed by atoms with van der Waals surface area (Å²) in [6.07, 6.45) is 0.459. The Balaban J connectivity index is 2.10. The van der Waals surface area contributed by atoms with Crippen LogP contribution in [0.25, 0.3) is 0 Å². The molecule has 20 heavy (non-hydrogen) atoms. The van der Waals surface area contributed by atoms with Crippen molar-refractivity contribution in [3.63, 3.8) is 0 Å². The fourth-order valence-corrected chi connectivity index (χ4v) is 2.07. The van der Waals surface area contributed by atoms with Crippen LogP contribution in [0.2, 0.25) is 0 Å². The predicted octanol–water partition coefficient (Wildman–Crippen LogP) is -0.287. The van der Waals surface area contributed by atoms with Gasteiger partial charge in [0.1, 0.15) is 6.04 Å². The molecule has 1 aliphatic rings. The molecule has 2 amide bonds. The number of carbonyl (C=O) groups excluding carboxylic acids is 2. The molecule has 0 radical (unpaired) electrons. The van der Waals surface area contributed by atoms with Gasteiger partial charge in [-0.15, -0.1) is 0 Å². The van der Waals surface area contributed by atoms with Crippen molar-refractivity contribution in [3.8, 4) is 0 Å². The minimum Gasteiger partial charge on any atom is -0.480 e. The Morgan fingerprint density at radius 2 is 2.15 bits per heavy atom. The maximum absolute atomic E-state index is 12.0. The number of nitrogens with two attached hydrogens (primary N) is 1. The first-order chi connectivity index (χ1) is 9.47. The molecule has 1 aliphatic heterocycles. The van der Waals surface area contributed by atoms with Gasteiger partial charge in [0, 0.05) is 17.8 Å². The molecule has 1 aromatic rings. The second-order valence-electron chi connectivity index (χ2n) is 4.58. The zero-order valence-electron chi connectivity index (χ0n) is 10.7. The van der Waals surface area contributed by atoms with E-state index in [1.54, 1.807) is 12.1 Å². The number of amides is 2. The molecule has 0 aliphatic carbocycles. The lowest BCUT2D eigenvalue weighted by Crippen LogP contribution is -2.43. The second-order valence-corrected chi connectivity index (χ2v) is 4.58. The van der Waals surface area contributed by atoms with E-state index in [4.69, 9.17) is 10.8 Å². The third-order valence-electron chi connectivity index (χ3n) is 3.09. The molecule has 0 bridgehead atoms. The van der Waals surface area contributed by atoms with Crippen molar-refractivity contribution in [2.75, 3.05) is 11.9 Å². The van der Waals surface area contributed by atoms with Gasteiger partial charge in [0.05, 0.1) is 6.42 Å². The standard InChI is InChI=1S/C13H15N3O4/c14-11(17)6-10(13(19)20)16-12(18)8-2-1-7-3-4-15-9(7)5-8/h1-2,5,10,15H,3-4,6H2,(H2,14,17)(H,16,18)(H,19,20)/t10-/m0/s1. The summed E-state index contributed by atoms with van der Waals surface area (Å²) in [5.74, 6) is -2.63. The van der Waals surface area contributed by atoms with Crippen molar-refractivity contribution in [1.82, 2.24) is 5.32 Å². The molecule has 0 spiro atoms. The van der Waals surface area contributed by atoms with Crippen LogP contribution in [0.1, 0.15) is 22.3 Å². The molecule has 1 heterocycles. The van der Waals surface area contributed by atoms with Crippen molar-refractivity contribution in [2.45, 2.75) is 18.9 Å². The first kappa shape index (κ1) is 13.9. The van der Waals surface area contributed by atoms with E-state index in [9.17, 15) is 14.4 Å². The van der Waals surface area contributed by atoms with Gasteiger partial charge in [0.15, 0.2) is 0 Å². The molecule has 0 saturated heterocycles. The van der Waals surface area contributed by atoms with E-state index in [2.05, 4.69) is 10.6 Å². The van der Waals surface area contributed by atoms with Gasteiger partial charge in [0.25, 0.3) is 5.91 Å². The maximum atomic E-state index is 12.0. The fraction of sp³-hybridized carbons (Fsp3) is 0.308. The van der Waals surface area contributed by atoms with Crippen molar-refractivity contribution >= 4 is 23.5 Å². The van der Waals surface area contributed by atoms with E-state index >= 15 is 0 Å². The number of carbonyl (C=O) groups is 3. The Labute approximate surface area is 115 Å². The van der Waals surface area contributed by atoms with Crippen LogP contribution in [-0.2, 0) is 16.0 Å². The van der Waals surface area contributed by atoms with Crippen molar-refractivity contribution in [3.05, 3.63) is 29.3 Å². The molecular weight excluding hydrogens is 262 g/mol. The largest absolute Gasteiger partial charge is 0.480 e. The Morgan fingerprint density at radius 1 is 1.40 bits per heavy atom. The molecular formula is C13H15N3O4. The van der Waals surface area contributed by atoms with E-state index in [0.717, 1.165) is 24.2 Å². The number of aliphatic carboxylic acids is 1. The van der Waals surface area contributed by atoms with Crippen molar-refractivity contribution in [1.29, 1.82) is 0 Å². The lowest BCUT2D eigenvalue weighted by atomic mass is 10.1. The van der Waals surface area contributed by atoms with E-state index in [1.165, 1.54) is 0 Å². The van der Waals surface area contributed by atoms with Gasteiger partial charge in [-0.05, 0) is 24.1 Å². The lowest BCUT2D eigenvalue weighted by molar-refractivity contribution is -0.140. The van der Waals surface area contributed by atoms with Crippen LogP contribution in [0.3, 0.4) is 0 Å². The van der Waals surface area contributed by atoms with Gasteiger partial charge in [0.2, 0.25) is 5.91 Å². The average Bonchev–Trinajstić information content (AvgIpc) is 2.84. The highest BCUT2D eigenvalue weighted by atomic mass is 16.4. The highest BCUT2D eigenvalue weighted by Crippen LogP contribution is 2.23. The third-order valence-corrected chi connectivity index (χ3v) is 3.09. The smallest absolute Gasteiger partial charge is 0.326 e. The van der Waals surface area contributed by atoms with E-state index < -0.39 is 30.2 Å². The summed E-state index contributed by atoms with van der Waals surface area (Å²) >= 11 is 0. The molecule has 2 rings (SSSR count). The molecule has 7 heteroatoms. The topological polar surface area (TPSA) is 122 Å². The predicted molar refractivity (Wildman–Crippen MR) is 71.3 cm³/mol. The summed E-state index contributed by atoms with van der Waals surface area (Å²) in [6.45, 7) is 0.819. The number of carboxylic acids is 1. The average molecular weight is 277 g/mol. The summed E-state index contributed by atoms with van der Waals surface area (Å²) in [7, 11) is 0. The monoisotopic (exact) mass is 277 g/mol. The number of nitrogens with one attached hydrogen (secondary N) is 2. The van der Waals surface area contributed by atoms with Crippen molar-refractivity contribution in [2.24, 2.45) is 5.73 Å². The summed E-state index contributed by atoms with van der Waals surface area (Å²) in [6, 6.07) is 3.81. The molecule has 1 atom stereocenters. The molecule has 5 N–H and O–H groups in total. The normalized spacial score (nSPS) is 14.0. The number of benzene rings is 1. The van der Waals surface area contributed by atoms with Gasteiger partial charge in [-0.25, -0.2) is 4.79 Å². The summed E-state index contributed by atoms with van der Waals surface area (Å²) in [5.41, 5.74) is 7.29. The van der Waals surface area contributed by atoms with Crippen molar-refractivity contribution < 1.29 is 19.5 Å². The summed E-state index contributed by atoms with van der Waals surface area (Å²) in [5, 5.41) is 14.4. The SMILES string of the molecule is NC(=O)C[C@H](NC(=O)c1ccc2c(c1)NCC2)C(=O)O. The first-order valence-corrected chi connectivity index (χ1v) is 6.16. The van der Waals surface area contributed by atoms with Gasteiger partial charge in [-0.2, -0.15) is 0 Å². The Bertz CT molecular complexity index is 571. The highest BCUT2D eigenvalue weighted by Gasteiger charge is 2.23. The number of rotatable bonds is 5. The fourth-order valence-electron chi connectivity index (χ4n) is 2.07. The van der Waals surface area contributed by atoms with Crippen LogP contribution in [0.4, 0.5) is 5.69 Å². The van der Waals surface area contributed by atoms with Crippen LogP contribution in [-0.4, -0.2) is 35.5 Å². The minimum atomic E-state index is -1.32.